The smallest absolute Gasteiger partial charge is 0.484 e. The fourth-order valence-corrected chi connectivity index (χ4v) is 5.08. The largest absolute Gasteiger partial charge is 0.737 e. The van der Waals surface area contributed by atoms with Crippen LogP contribution in [0.1, 0.15) is 17.7 Å². The van der Waals surface area contributed by atoms with Crippen LogP contribution in [0, 0.1) is 0 Å². The molecule has 0 fully saturated rings. The molecule has 2 aliphatic heterocycles. The highest BCUT2D eigenvalue weighted by molar-refractivity contribution is 7.13. The van der Waals surface area contributed by atoms with Gasteiger partial charge in [-0.15, -0.1) is 11.3 Å². The summed E-state index contributed by atoms with van der Waals surface area (Å²) in [6, 6.07) is 13.9. The number of allylic oxidation sites excluding steroid dienone is 2. The Bertz CT molecular complexity index is 1440. The van der Waals surface area contributed by atoms with Gasteiger partial charge < -0.3 is 27.6 Å². The molecule has 1 aromatic carbocycles. The average Bonchev–Trinajstić information content (AvgIpc) is 3.63. The summed E-state index contributed by atoms with van der Waals surface area (Å²) in [5, 5.41) is 7.95. The summed E-state index contributed by atoms with van der Waals surface area (Å²) in [6.07, 6.45) is 5.69. The first-order chi connectivity index (χ1) is 17.5. The van der Waals surface area contributed by atoms with Crippen LogP contribution in [-0.2, 0) is 4.79 Å². The van der Waals surface area contributed by atoms with Crippen molar-refractivity contribution >= 4 is 36.0 Å². The van der Waals surface area contributed by atoms with Gasteiger partial charge in [-0.2, -0.15) is 0 Å². The molecule has 0 aliphatic carbocycles. The Morgan fingerprint density at radius 2 is 2.03 bits per heavy atom. The highest BCUT2D eigenvalue weighted by Crippen LogP contribution is 2.37. The summed E-state index contributed by atoms with van der Waals surface area (Å²) in [5.41, 5.74) is 10.6. The molecule has 0 bridgehead atoms. The molecule has 8 nitrogen and oxygen atoms in total. The second kappa shape index (κ2) is 9.84. The number of carbonyl (C=O) groups is 1. The molecule has 1 amide bonds. The van der Waals surface area contributed by atoms with Gasteiger partial charge in [-0.05, 0) is 59.8 Å². The normalized spacial score (nSPS) is 15.1. The first kappa shape index (κ1) is 23.6. The van der Waals surface area contributed by atoms with E-state index in [-0.39, 0.29) is 12.5 Å². The van der Waals surface area contributed by atoms with Gasteiger partial charge in [0, 0.05) is 58.1 Å². The zero-order valence-corrected chi connectivity index (χ0v) is 19.9. The van der Waals surface area contributed by atoms with E-state index in [4.69, 9.17) is 10.3 Å². The van der Waals surface area contributed by atoms with Crippen molar-refractivity contribution in [3.05, 3.63) is 93.5 Å². The van der Waals surface area contributed by atoms with Crippen LogP contribution >= 0.6 is 11.3 Å². The number of thiophene rings is 1. The number of nitrogens with zero attached hydrogens (tertiary/aromatic N) is 5. The Morgan fingerprint density at radius 3 is 2.78 bits per heavy atom. The quantitative estimate of drug-likeness (QED) is 0.144. The molecule has 0 spiro atoms. The van der Waals surface area contributed by atoms with E-state index >= 15 is 8.63 Å². The average molecular weight is 506 g/mol. The minimum atomic E-state index is -4.13. The van der Waals surface area contributed by atoms with Crippen molar-refractivity contribution < 1.29 is 22.6 Å². The molecule has 2 aromatic heterocycles. The lowest BCUT2D eigenvalue weighted by Crippen LogP contribution is -2.50. The van der Waals surface area contributed by atoms with Gasteiger partial charge >= 0.3 is 6.97 Å². The molecule has 0 unspecified atom stereocenters. The van der Waals surface area contributed by atoms with Gasteiger partial charge in [0.2, 0.25) is 0 Å². The topological polar surface area (TPSA) is 95.0 Å². The maximum Gasteiger partial charge on any atom is 0.737 e. The van der Waals surface area contributed by atoms with Crippen molar-refractivity contribution in [3.8, 4) is 16.3 Å². The Balaban J connectivity index is 1.33. The lowest BCUT2D eigenvalue weighted by Gasteiger charge is -2.30. The maximum atomic E-state index is 16.0. The number of azide groups is 1. The number of ether oxygens (including phenoxy) is 1. The molecular weight excluding hydrogens is 485 g/mol. The predicted octanol–water partition coefficient (Wildman–Crippen LogP) is 5.06. The summed E-state index contributed by atoms with van der Waals surface area (Å²) in [5.74, 6) is 0.146. The van der Waals surface area contributed by atoms with Crippen molar-refractivity contribution in [2.75, 3.05) is 19.7 Å². The Morgan fingerprint density at radius 1 is 1.19 bits per heavy atom. The van der Waals surface area contributed by atoms with Crippen LogP contribution in [-0.4, -0.2) is 47.2 Å². The monoisotopic (exact) mass is 506 g/mol. The van der Waals surface area contributed by atoms with Gasteiger partial charge in [0.25, 0.3) is 5.91 Å². The van der Waals surface area contributed by atoms with Gasteiger partial charge in [-0.3, -0.25) is 4.79 Å². The van der Waals surface area contributed by atoms with Crippen molar-refractivity contribution in [1.29, 1.82) is 0 Å². The van der Waals surface area contributed by atoms with Gasteiger partial charge in [-0.1, -0.05) is 11.2 Å². The van der Waals surface area contributed by atoms with Gasteiger partial charge in [-0.25, -0.2) is 0 Å². The third-order valence-corrected chi connectivity index (χ3v) is 6.82. The Labute approximate surface area is 209 Å². The van der Waals surface area contributed by atoms with Crippen molar-refractivity contribution in [3.63, 3.8) is 0 Å². The van der Waals surface area contributed by atoms with Crippen LogP contribution in [0.15, 0.2) is 76.9 Å². The van der Waals surface area contributed by atoms with E-state index in [1.807, 2.05) is 17.5 Å². The van der Waals surface area contributed by atoms with E-state index in [2.05, 4.69) is 15.3 Å². The molecule has 36 heavy (non-hydrogen) atoms. The van der Waals surface area contributed by atoms with Crippen LogP contribution in [0.4, 0.5) is 8.63 Å². The third kappa shape index (κ3) is 4.44. The zero-order valence-electron chi connectivity index (χ0n) is 19.1. The van der Waals surface area contributed by atoms with E-state index in [9.17, 15) is 4.79 Å². The molecule has 5 rings (SSSR count). The minimum absolute atomic E-state index is 0.181. The molecule has 1 N–H and O–H groups in total. The summed E-state index contributed by atoms with van der Waals surface area (Å²) in [6.45, 7) is -3.62. The number of nitrogens with one attached hydrogen (secondary N) is 1. The summed E-state index contributed by atoms with van der Waals surface area (Å²) < 4.78 is 39.7. The Kier molecular flexibility index (Phi) is 6.45. The zero-order chi connectivity index (χ0) is 25.1. The number of amides is 1. The van der Waals surface area contributed by atoms with Gasteiger partial charge in [0.1, 0.15) is 5.75 Å². The number of aromatic nitrogens is 1. The molecule has 2 aliphatic rings. The summed E-state index contributed by atoms with van der Waals surface area (Å²) >= 11 is 1.43. The third-order valence-electron chi connectivity index (χ3n) is 5.93. The molecule has 182 valence electrons. The molecular formula is C24H21BF2N6O2S. The van der Waals surface area contributed by atoms with Crippen molar-refractivity contribution in [2.45, 2.75) is 6.42 Å². The number of rotatable bonds is 9. The molecule has 0 saturated carbocycles. The maximum absolute atomic E-state index is 16.0. The van der Waals surface area contributed by atoms with Crippen molar-refractivity contribution in [1.82, 2.24) is 9.79 Å². The number of carbonyl (C=O) groups excluding carboxylic acids is 1. The van der Waals surface area contributed by atoms with Crippen LogP contribution in [0.2, 0.25) is 0 Å². The molecule has 3 aromatic rings. The summed E-state index contributed by atoms with van der Waals surface area (Å²) in [7, 11) is 0. The van der Waals surface area contributed by atoms with E-state index in [0.717, 1.165) is 13.8 Å². The molecule has 0 atom stereocenters. The van der Waals surface area contributed by atoms with Crippen LogP contribution in [0.5, 0.6) is 5.75 Å². The first-order valence-corrected chi connectivity index (χ1v) is 12.2. The summed E-state index contributed by atoms with van der Waals surface area (Å²) in [4.78, 5) is 15.3. The van der Waals surface area contributed by atoms with Gasteiger partial charge in [0.15, 0.2) is 18.0 Å². The highest BCUT2D eigenvalue weighted by atomic mass is 32.1. The fraction of sp³-hybridized carbons (Fsp3) is 0.167. The van der Waals surface area contributed by atoms with E-state index in [1.54, 1.807) is 54.6 Å². The number of halogens is 2. The minimum Gasteiger partial charge on any atom is -0.484 e. The van der Waals surface area contributed by atoms with E-state index < -0.39 is 6.97 Å². The first-order valence-electron chi connectivity index (χ1n) is 11.3. The molecule has 4 heterocycles. The van der Waals surface area contributed by atoms with Crippen LogP contribution in [0.3, 0.4) is 0 Å². The Hall–Kier alpha value is -4.15. The van der Waals surface area contributed by atoms with Crippen LogP contribution < -0.4 is 10.1 Å². The molecule has 0 saturated heterocycles. The SMILES string of the molecule is [N-]=[N+]=NCCCNC(=O)COc1ccc(C2=[N+]3C(=Cc4ccc(-c5cccs5)n4[B-]3(F)F)C=C2)cc1. The second-order valence-electron chi connectivity index (χ2n) is 8.21. The lowest BCUT2D eigenvalue weighted by atomic mass is 9.90. The predicted molar refractivity (Wildman–Crippen MR) is 136 cm³/mol. The fourth-order valence-electron chi connectivity index (χ4n) is 4.33. The number of hydrogen-bond donors (Lipinski definition) is 1. The van der Waals surface area contributed by atoms with Crippen molar-refractivity contribution in [2.24, 2.45) is 5.11 Å². The highest BCUT2D eigenvalue weighted by Gasteiger charge is 2.52. The lowest BCUT2D eigenvalue weighted by molar-refractivity contribution is -0.360. The number of fused-ring (bicyclic) bond motifs is 2. The number of benzene rings is 1. The second-order valence-corrected chi connectivity index (χ2v) is 9.16. The van der Waals surface area contributed by atoms with E-state index in [0.29, 0.717) is 53.6 Å². The molecule has 0 radical (unpaired) electrons. The molecule has 12 heteroatoms. The number of hydrogen-bond acceptors (Lipinski definition) is 4. The van der Waals surface area contributed by atoms with Crippen LogP contribution in [0.25, 0.3) is 27.1 Å². The van der Waals surface area contributed by atoms with E-state index in [1.165, 1.54) is 11.3 Å². The van der Waals surface area contributed by atoms with Gasteiger partial charge in [0.05, 0.1) is 0 Å². The standard InChI is InChI=1S/C24H21BF2N6O2S/c26-25(27)32-18(15-19-7-11-22(33(19)25)23-3-1-14-36-23)6-10-21(32)17-4-8-20(9-5-17)35-16-24(34)29-12-2-13-30-31-28/h1,3-11,14-15H,2,12-13,16H2,(H,29,34).